The smallest absolute Gasteiger partial charge is 0.157 e. The van der Waals surface area contributed by atoms with Crippen LogP contribution in [0.5, 0.6) is 0 Å². The zero-order valence-corrected chi connectivity index (χ0v) is 9.60. The predicted molar refractivity (Wildman–Crippen MR) is 59.4 cm³/mol. The van der Waals surface area contributed by atoms with E-state index in [4.69, 9.17) is 10.5 Å². The molecule has 0 saturated carbocycles. The Morgan fingerprint density at radius 1 is 1.33 bits per heavy atom. The lowest BCUT2D eigenvalue weighted by Gasteiger charge is -2.17. The van der Waals surface area contributed by atoms with E-state index in [0.29, 0.717) is 12.5 Å². The maximum absolute atomic E-state index is 5.45. The van der Waals surface area contributed by atoms with E-state index in [9.17, 15) is 0 Å². The third-order valence-corrected chi connectivity index (χ3v) is 2.27. The fourth-order valence-corrected chi connectivity index (χ4v) is 1.48. The first-order valence-corrected chi connectivity index (χ1v) is 5.22. The van der Waals surface area contributed by atoms with Gasteiger partial charge in [-0.05, 0) is 24.4 Å². The molecule has 0 aliphatic rings. The van der Waals surface area contributed by atoms with Crippen molar-refractivity contribution >= 4 is 0 Å². The molecule has 4 nitrogen and oxygen atoms in total. The van der Waals surface area contributed by atoms with Crippen LogP contribution in [0.1, 0.15) is 31.3 Å². The van der Waals surface area contributed by atoms with Crippen LogP contribution in [0.15, 0.2) is 12.4 Å². The largest absolute Gasteiger partial charge is 0.373 e. The Bertz CT molecular complexity index is 284. The maximum Gasteiger partial charge on any atom is 0.157 e. The lowest BCUT2D eigenvalue weighted by molar-refractivity contribution is 0.0574. The minimum Gasteiger partial charge on any atom is -0.373 e. The molecule has 0 aliphatic carbocycles. The maximum atomic E-state index is 5.45. The van der Waals surface area contributed by atoms with Crippen molar-refractivity contribution in [3.8, 4) is 0 Å². The van der Waals surface area contributed by atoms with Gasteiger partial charge in [0.1, 0.15) is 6.10 Å². The fourth-order valence-electron chi connectivity index (χ4n) is 1.48. The van der Waals surface area contributed by atoms with Crippen LogP contribution in [0.3, 0.4) is 0 Å². The lowest BCUT2D eigenvalue weighted by atomic mass is 10.1. The molecule has 84 valence electrons. The van der Waals surface area contributed by atoms with E-state index in [1.54, 1.807) is 7.11 Å². The Balaban J connectivity index is 2.77. The third kappa shape index (κ3) is 3.25. The number of hydrogen-bond acceptors (Lipinski definition) is 4. The molecule has 15 heavy (non-hydrogen) atoms. The number of nitrogens with two attached hydrogens (primary N) is 1. The van der Waals surface area contributed by atoms with Gasteiger partial charge in [-0.25, -0.2) is 9.97 Å². The molecule has 1 unspecified atom stereocenters. The summed E-state index contributed by atoms with van der Waals surface area (Å²) in [6.45, 7) is 4.80. The minimum atomic E-state index is -0.0306. The van der Waals surface area contributed by atoms with Crippen LogP contribution in [-0.2, 0) is 11.2 Å². The number of methoxy groups -OCH3 is 1. The molecule has 0 saturated heterocycles. The molecule has 0 bridgehead atoms. The van der Waals surface area contributed by atoms with Gasteiger partial charge in [-0.1, -0.05) is 13.8 Å². The Hall–Kier alpha value is -1.00. The standard InChI is InChI=1S/C11H19N3O/c1-8(2)10(15-3)11-13-6-9(4-5-12)7-14-11/h6-8,10H,4-5,12H2,1-3H3. The normalized spacial score (nSPS) is 13.1. The van der Waals surface area contributed by atoms with Crippen molar-refractivity contribution in [2.75, 3.05) is 13.7 Å². The van der Waals surface area contributed by atoms with Gasteiger partial charge >= 0.3 is 0 Å². The first-order valence-electron chi connectivity index (χ1n) is 5.22. The topological polar surface area (TPSA) is 61.0 Å². The highest BCUT2D eigenvalue weighted by Crippen LogP contribution is 2.21. The SMILES string of the molecule is COC(c1ncc(CCN)cn1)C(C)C. The van der Waals surface area contributed by atoms with Crippen molar-refractivity contribution < 1.29 is 4.74 Å². The fraction of sp³-hybridized carbons (Fsp3) is 0.636. The highest BCUT2D eigenvalue weighted by molar-refractivity contribution is 5.07. The van der Waals surface area contributed by atoms with E-state index < -0.39 is 0 Å². The number of nitrogens with zero attached hydrogens (tertiary/aromatic N) is 2. The van der Waals surface area contributed by atoms with Gasteiger partial charge < -0.3 is 10.5 Å². The van der Waals surface area contributed by atoms with E-state index >= 15 is 0 Å². The van der Waals surface area contributed by atoms with Gasteiger partial charge in [0.2, 0.25) is 0 Å². The second-order valence-electron chi connectivity index (χ2n) is 3.89. The molecule has 0 radical (unpaired) electrons. The van der Waals surface area contributed by atoms with Crippen LogP contribution >= 0.6 is 0 Å². The molecular weight excluding hydrogens is 190 g/mol. The quantitative estimate of drug-likeness (QED) is 0.794. The zero-order chi connectivity index (χ0) is 11.3. The summed E-state index contributed by atoms with van der Waals surface area (Å²) >= 11 is 0. The van der Waals surface area contributed by atoms with Crippen LogP contribution in [0.4, 0.5) is 0 Å². The van der Waals surface area contributed by atoms with Gasteiger partial charge in [0, 0.05) is 19.5 Å². The molecular formula is C11H19N3O. The van der Waals surface area contributed by atoms with E-state index in [0.717, 1.165) is 17.8 Å². The average molecular weight is 209 g/mol. The first-order chi connectivity index (χ1) is 7.19. The Morgan fingerprint density at radius 3 is 2.33 bits per heavy atom. The van der Waals surface area contributed by atoms with Gasteiger partial charge in [0.25, 0.3) is 0 Å². The molecule has 1 aromatic rings. The van der Waals surface area contributed by atoms with Crippen LogP contribution in [-0.4, -0.2) is 23.6 Å². The molecule has 4 heteroatoms. The van der Waals surface area contributed by atoms with Crippen LogP contribution in [0, 0.1) is 5.92 Å². The third-order valence-electron chi connectivity index (χ3n) is 2.27. The van der Waals surface area contributed by atoms with E-state index in [1.165, 1.54) is 0 Å². The van der Waals surface area contributed by atoms with Crippen molar-refractivity contribution in [1.29, 1.82) is 0 Å². The number of rotatable bonds is 5. The number of aromatic nitrogens is 2. The average Bonchev–Trinajstić information content (AvgIpc) is 2.21. The zero-order valence-electron chi connectivity index (χ0n) is 9.60. The van der Waals surface area contributed by atoms with Crippen LogP contribution in [0.2, 0.25) is 0 Å². The molecule has 1 aromatic heterocycles. The molecule has 0 amide bonds. The highest BCUT2D eigenvalue weighted by Gasteiger charge is 2.17. The van der Waals surface area contributed by atoms with Crippen molar-refractivity contribution in [2.45, 2.75) is 26.4 Å². The Labute approximate surface area is 90.9 Å². The van der Waals surface area contributed by atoms with Crippen molar-refractivity contribution in [2.24, 2.45) is 11.7 Å². The molecule has 1 rings (SSSR count). The van der Waals surface area contributed by atoms with Crippen LogP contribution < -0.4 is 5.73 Å². The molecule has 0 fully saturated rings. The van der Waals surface area contributed by atoms with E-state index in [-0.39, 0.29) is 6.10 Å². The summed E-state index contributed by atoms with van der Waals surface area (Å²) in [4.78, 5) is 8.60. The summed E-state index contributed by atoms with van der Waals surface area (Å²) < 4.78 is 5.35. The van der Waals surface area contributed by atoms with Crippen molar-refractivity contribution in [1.82, 2.24) is 9.97 Å². The summed E-state index contributed by atoms with van der Waals surface area (Å²) in [6.07, 6.45) is 4.43. The molecule has 1 atom stereocenters. The second kappa shape index (κ2) is 5.78. The molecule has 0 spiro atoms. The first kappa shape index (κ1) is 12.1. The van der Waals surface area contributed by atoms with E-state index in [1.807, 2.05) is 12.4 Å². The molecule has 0 aliphatic heterocycles. The molecule has 0 aromatic carbocycles. The molecule has 1 heterocycles. The number of hydrogen-bond donors (Lipinski definition) is 1. The van der Waals surface area contributed by atoms with Gasteiger partial charge in [-0.15, -0.1) is 0 Å². The minimum absolute atomic E-state index is 0.0306. The van der Waals surface area contributed by atoms with Gasteiger partial charge in [0.05, 0.1) is 0 Å². The number of ether oxygens (including phenoxy) is 1. The summed E-state index contributed by atoms with van der Waals surface area (Å²) in [5, 5.41) is 0. The lowest BCUT2D eigenvalue weighted by Crippen LogP contribution is -2.13. The summed E-state index contributed by atoms with van der Waals surface area (Å²) in [6, 6.07) is 0. The van der Waals surface area contributed by atoms with Gasteiger partial charge in [-0.2, -0.15) is 0 Å². The van der Waals surface area contributed by atoms with Crippen molar-refractivity contribution in [3.63, 3.8) is 0 Å². The van der Waals surface area contributed by atoms with Gasteiger partial charge in [-0.3, -0.25) is 0 Å². The van der Waals surface area contributed by atoms with Crippen molar-refractivity contribution in [3.05, 3.63) is 23.8 Å². The monoisotopic (exact) mass is 209 g/mol. The Morgan fingerprint density at radius 2 is 1.93 bits per heavy atom. The Kier molecular flexibility index (Phi) is 4.65. The predicted octanol–water partition coefficient (Wildman–Crippen LogP) is 1.32. The van der Waals surface area contributed by atoms with Gasteiger partial charge in [0.15, 0.2) is 5.82 Å². The van der Waals surface area contributed by atoms with E-state index in [2.05, 4.69) is 23.8 Å². The summed E-state index contributed by atoms with van der Waals surface area (Å²) in [7, 11) is 1.68. The highest BCUT2D eigenvalue weighted by atomic mass is 16.5. The summed E-state index contributed by atoms with van der Waals surface area (Å²) in [5.74, 6) is 1.11. The second-order valence-corrected chi connectivity index (χ2v) is 3.89. The molecule has 2 N–H and O–H groups in total. The van der Waals surface area contributed by atoms with Crippen LogP contribution in [0.25, 0.3) is 0 Å². The summed E-state index contributed by atoms with van der Waals surface area (Å²) in [5.41, 5.74) is 6.52.